The highest BCUT2D eigenvalue weighted by Crippen LogP contribution is 2.50. The van der Waals surface area contributed by atoms with Gasteiger partial charge < -0.3 is 19.7 Å². The topological polar surface area (TPSA) is 88.9 Å². The maximum atomic E-state index is 13.4. The van der Waals surface area contributed by atoms with Gasteiger partial charge in [-0.2, -0.15) is 5.10 Å². The van der Waals surface area contributed by atoms with E-state index in [9.17, 15) is 9.59 Å². The number of methoxy groups -OCH3 is 2. The van der Waals surface area contributed by atoms with Crippen molar-refractivity contribution in [3.8, 4) is 11.5 Å². The number of hydrogen-bond acceptors (Lipinski definition) is 7. The largest absolute Gasteiger partial charge is 0.497 e. The van der Waals surface area contributed by atoms with E-state index in [-0.39, 0.29) is 34.8 Å². The average Bonchev–Trinajstić information content (AvgIpc) is 3.07. The van der Waals surface area contributed by atoms with E-state index in [4.69, 9.17) is 14.6 Å². The Morgan fingerprint density at radius 1 is 1.26 bits per heavy atom. The van der Waals surface area contributed by atoms with Crippen molar-refractivity contribution >= 4 is 29.4 Å². The van der Waals surface area contributed by atoms with Gasteiger partial charge in [-0.3, -0.25) is 19.2 Å². The lowest BCUT2D eigenvalue weighted by molar-refractivity contribution is -0.122. The fourth-order valence-electron chi connectivity index (χ4n) is 4.15. The molecule has 192 valence electrons. The van der Waals surface area contributed by atoms with E-state index in [0.29, 0.717) is 23.9 Å². The number of aryl methyl sites for hydroxylation is 1. The molecule has 10 heteroatoms. The van der Waals surface area contributed by atoms with Crippen LogP contribution in [0.3, 0.4) is 0 Å². The molecule has 0 aliphatic carbocycles. The lowest BCUT2D eigenvalue weighted by Gasteiger charge is -2.25. The summed E-state index contributed by atoms with van der Waals surface area (Å²) in [6.07, 6.45) is 0. The van der Waals surface area contributed by atoms with Crippen molar-refractivity contribution in [3.05, 3.63) is 35.0 Å². The molecule has 1 N–H and O–H groups in total. The lowest BCUT2D eigenvalue weighted by Crippen LogP contribution is -2.43. The second-order valence-corrected chi connectivity index (χ2v) is 11.0. The third-order valence-electron chi connectivity index (χ3n) is 5.86. The van der Waals surface area contributed by atoms with Crippen LogP contribution in [-0.2, 0) is 22.1 Å². The summed E-state index contributed by atoms with van der Waals surface area (Å²) in [5.74, 6) is 1.94. The number of thioether (sulfide) groups is 1. The highest BCUT2D eigenvalue weighted by Gasteiger charge is 2.39. The van der Waals surface area contributed by atoms with Crippen LogP contribution < -0.4 is 19.7 Å². The van der Waals surface area contributed by atoms with Crippen molar-refractivity contribution in [2.45, 2.75) is 31.4 Å². The molecule has 0 spiro atoms. The third kappa shape index (κ3) is 5.92. The second-order valence-electron chi connectivity index (χ2n) is 9.89. The quantitative estimate of drug-likeness (QED) is 0.592. The molecule has 1 aliphatic rings. The molecule has 1 atom stereocenters. The van der Waals surface area contributed by atoms with E-state index in [1.165, 1.54) is 11.8 Å². The van der Waals surface area contributed by atoms with Gasteiger partial charge in [-0.25, -0.2) is 0 Å². The standard InChI is InChI=1S/C25H37N5O4S/c1-25(2,3)23-21-22(17-13-16(33-7)9-10-18(17)34-8)35-15-20(32)30(24(21)29(6)27-23)14-19(31)26-11-12-28(4)5/h9-10,13,22H,11-12,14-15H2,1-8H3,(H,26,31)/t22-/m0/s1. The minimum Gasteiger partial charge on any atom is -0.497 e. The number of carbonyl (C=O) groups excluding carboxylic acids is 2. The Bertz CT molecular complexity index is 1080. The lowest BCUT2D eigenvalue weighted by atomic mass is 9.87. The first-order valence-corrected chi connectivity index (χ1v) is 12.7. The molecule has 2 amide bonds. The highest BCUT2D eigenvalue weighted by atomic mass is 32.2. The maximum Gasteiger partial charge on any atom is 0.240 e. The molecule has 0 saturated carbocycles. The molecule has 0 saturated heterocycles. The van der Waals surface area contributed by atoms with Crippen LogP contribution in [0, 0.1) is 0 Å². The van der Waals surface area contributed by atoms with Gasteiger partial charge in [0, 0.05) is 36.7 Å². The summed E-state index contributed by atoms with van der Waals surface area (Å²) in [5, 5.41) is 7.54. The zero-order valence-electron chi connectivity index (χ0n) is 22.0. The number of amides is 2. The van der Waals surface area contributed by atoms with E-state index in [1.807, 2.05) is 44.2 Å². The van der Waals surface area contributed by atoms with Crippen molar-refractivity contribution in [2.24, 2.45) is 7.05 Å². The van der Waals surface area contributed by atoms with Gasteiger partial charge in [-0.15, -0.1) is 11.8 Å². The van der Waals surface area contributed by atoms with E-state index in [2.05, 4.69) is 26.1 Å². The minimum absolute atomic E-state index is 0.0646. The number of nitrogens with zero attached hydrogens (tertiary/aromatic N) is 4. The van der Waals surface area contributed by atoms with E-state index in [0.717, 1.165) is 23.4 Å². The van der Waals surface area contributed by atoms with Gasteiger partial charge in [0.05, 0.1) is 30.9 Å². The Hall–Kier alpha value is -2.72. The molecule has 35 heavy (non-hydrogen) atoms. The maximum absolute atomic E-state index is 13.4. The van der Waals surface area contributed by atoms with Gasteiger partial charge in [0.2, 0.25) is 11.8 Å². The summed E-state index contributed by atoms with van der Waals surface area (Å²) in [6, 6.07) is 5.69. The molecule has 0 unspecified atom stereocenters. The van der Waals surface area contributed by atoms with Gasteiger partial charge in [0.25, 0.3) is 0 Å². The number of nitrogens with one attached hydrogen (secondary N) is 1. The summed E-state index contributed by atoms with van der Waals surface area (Å²) in [7, 11) is 8.99. The van der Waals surface area contributed by atoms with Gasteiger partial charge in [-0.05, 0) is 32.3 Å². The fourth-order valence-corrected chi connectivity index (χ4v) is 5.36. The molecular formula is C25H37N5O4S. The number of rotatable bonds is 8. The number of likely N-dealkylation sites (N-methyl/N-ethyl adjacent to an activating group) is 1. The van der Waals surface area contributed by atoms with Crippen LogP contribution in [0.4, 0.5) is 5.82 Å². The molecule has 3 rings (SSSR count). The van der Waals surface area contributed by atoms with Crippen LogP contribution >= 0.6 is 11.8 Å². The van der Waals surface area contributed by atoms with Crippen LogP contribution in [-0.4, -0.2) is 80.2 Å². The molecule has 1 aliphatic heterocycles. The van der Waals surface area contributed by atoms with Crippen LogP contribution in [0.1, 0.15) is 42.8 Å². The molecular weight excluding hydrogens is 466 g/mol. The normalized spacial score (nSPS) is 16.2. The average molecular weight is 504 g/mol. The number of ether oxygens (including phenoxy) is 2. The van der Waals surface area contributed by atoms with Crippen molar-refractivity contribution in [1.82, 2.24) is 20.0 Å². The summed E-state index contributed by atoms with van der Waals surface area (Å²) >= 11 is 1.51. The number of carbonyl (C=O) groups is 2. The zero-order valence-corrected chi connectivity index (χ0v) is 22.8. The molecule has 2 heterocycles. The van der Waals surface area contributed by atoms with E-state index >= 15 is 0 Å². The summed E-state index contributed by atoms with van der Waals surface area (Å²) in [5.41, 5.74) is 2.42. The first-order valence-electron chi connectivity index (χ1n) is 11.6. The number of aromatic nitrogens is 2. The molecule has 1 aromatic carbocycles. The smallest absolute Gasteiger partial charge is 0.240 e. The predicted molar refractivity (Wildman–Crippen MR) is 140 cm³/mol. The van der Waals surface area contributed by atoms with E-state index in [1.54, 1.807) is 23.8 Å². The Balaban J connectivity index is 2.13. The second kappa shape index (κ2) is 10.9. The van der Waals surface area contributed by atoms with E-state index < -0.39 is 0 Å². The van der Waals surface area contributed by atoms with Crippen LogP contribution in [0.15, 0.2) is 18.2 Å². The van der Waals surface area contributed by atoms with Crippen molar-refractivity contribution in [3.63, 3.8) is 0 Å². The van der Waals surface area contributed by atoms with Crippen molar-refractivity contribution in [2.75, 3.05) is 58.6 Å². The molecule has 0 fully saturated rings. The Labute approximate surface area is 212 Å². The SMILES string of the molecule is COc1ccc(OC)c([C@@H]2SCC(=O)N(CC(=O)NCCN(C)C)c3c2c(C(C)(C)C)nn3C)c1. The van der Waals surface area contributed by atoms with Crippen molar-refractivity contribution in [1.29, 1.82) is 0 Å². The van der Waals surface area contributed by atoms with Crippen LogP contribution in [0.25, 0.3) is 0 Å². The fraction of sp³-hybridized carbons (Fsp3) is 0.560. The predicted octanol–water partition coefficient (Wildman–Crippen LogP) is 2.58. The number of fused-ring (bicyclic) bond motifs is 1. The third-order valence-corrected chi connectivity index (χ3v) is 7.09. The summed E-state index contributed by atoms with van der Waals surface area (Å²) in [6.45, 7) is 7.47. The first-order chi connectivity index (χ1) is 16.5. The first kappa shape index (κ1) is 26.9. The highest BCUT2D eigenvalue weighted by molar-refractivity contribution is 8.00. The molecule has 0 bridgehead atoms. The Morgan fingerprint density at radius 2 is 1.97 bits per heavy atom. The van der Waals surface area contributed by atoms with Crippen LogP contribution in [0.5, 0.6) is 11.5 Å². The number of hydrogen-bond donors (Lipinski definition) is 1. The number of benzene rings is 1. The van der Waals surface area contributed by atoms with Gasteiger partial charge >= 0.3 is 0 Å². The van der Waals surface area contributed by atoms with Gasteiger partial charge in [0.15, 0.2) is 0 Å². The van der Waals surface area contributed by atoms with Gasteiger partial charge in [0.1, 0.15) is 23.9 Å². The van der Waals surface area contributed by atoms with Crippen molar-refractivity contribution < 1.29 is 19.1 Å². The molecule has 0 radical (unpaired) electrons. The molecule has 9 nitrogen and oxygen atoms in total. The Kier molecular flexibility index (Phi) is 8.38. The Morgan fingerprint density at radius 3 is 2.57 bits per heavy atom. The summed E-state index contributed by atoms with van der Waals surface area (Å²) in [4.78, 5) is 29.8. The minimum atomic E-state index is -0.288. The van der Waals surface area contributed by atoms with Gasteiger partial charge in [-0.1, -0.05) is 20.8 Å². The molecule has 2 aromatic rings. The van der Waals surface area contributed by atoms with Crippen LogP contribution in [0.2, 0.25) is 0 Å². The number of anilines is 1. The summed E-state index contributed by atoms with van der Waals surface area (Å²) < 4.78 is 12.9. The zero-order chi connectivity index (χ0) is 25.9. The molecule has 1 aromatic heterocycles. The monoisotopic (exact) mass is 503 g/mol.